The Labute approximate surface area is 190 Å². The van der Waals surface area contributed by atoms with Crippen LogP contribution in [-0.2, 0) is 4.74 Å². The van der Waals surface area contributed by atoms with Gasteiger partial charge in [0.05, 0.1) is 25.4 Å². The number of morpholine rings is 1. The highest BCUT2D eigenvalue weighted by Gasteiger charge is 2.43. The van der Waals surface area contributed by atoms with Gasteiger partial charge in [-0.2, -0.15) is 0 Å². The van der Waals surface area contributed by atoms with Gasteiger partial charge in [-0.1, -0.05) is 63.3 Å². The molecule has 2 fully saturated rings. The van der Waals surface area contributed by atoms with Crippen LogP contribution in [0.1, 0.15) is 78.1 Å². The molecule has 0 radical (unpaired) electrons. The standard InChI is InChI=1S/C27H47NO3/c1-3-4-8-21(2)17-24(29)10-11-25-26-19-22(18-23(26)20-27(25)30)9-6-5-7-12-28-13-15-31-16-14-28/h10-11,18,21,23-27,29-30H,3-9,12-17,19-20H2,1-2H3/b11-10+/t21-,23-,24+,25+,26-,27+/m0/s1. The summed E-state index contributed by atoms with van der Waals surface area (Å²) in [7, 11) is 0. The van der Waals surface area contributed by atoms with Gasteiger partial charge in [0, 0.05) is 19.0 Å². The molecule has 31 heavy (non-hydrogen) atoms. The Morgan fingerprint density at radius 2 is 2.00 bits per heavy atom. The lowest BCUT2D eigenvalue weighted by Crippen LogP contribution is -2.36. The minimum Gasteiger partial charge on any atom is -0.392 e. The molecule has 2 aliphatic carbocycles. The van der Waals surface area contributed by atoms with Crippen LogP contribution in [0.5, 0.6) is 0 Å². The van der Waals surface area contributed by atoms with Crippen molar-refractivity contribution in [1.82, 2.24) is 4.90 Å². The van der Waals surface area contributed by atoms with Crippen LogP contribution in [0.4, 0.5) is 0 Å². The van der Waals surface area contributed by atoms with E-state index in [0.29, 0.717) is 17.8 Å². The SMILES string of the molecule is CCCC[C@H](C)C[C@H](O)/C=C/[C@@H]1[C@H]2CC(CCCCCN3CCOCC3)=C[C@H]2C[C@H]1O. The predicted octanol–water partition coefficient (Wildman–Crippen LogP) is 4.96. The molecule has 0 unspecified atom stereocenters. The summed E-state index contributed by atoms with van der Waals surface area (Å²) in [6.45, 7) is 9.65. The van der Waals surface area contributed by atoms with Gasteiger partial charge < -0.3 is 14.9 Å². The number of hydrogen-bond acceptors (Lipinski definition) is 4. The zero-order valence-electron chi connectivity index (χ0n) is 20.1. The lowest BCUT2D eigenvalue weighted by Gasteiger charge is -2.26. The van der Waals surface area contributed by atoms with Crippen LogP contribution < -0.4 is 0 Å². The quantitative estimate of drug-likeness (QED) is 0.318. The van der Waals surface area contributed by atoms with Gasteiger partial charge in [0.25, 0.3) is 0 Å². The first-order chi connectivity index (χ1) is 15.1. The van der Waals surface area contributed by atoms with Gasteiger partial charge in [-0.3, -0.25) is 4.90 Å². The number of nitrogens with zero attached hydrogens (tertiary/aromatic N) is 1. The number of unbranched alkanes of at least 4 members (excludes halogenated alkanes) is 3. The van der Waals surface area contributed by atoms with Gasteiger partial charge in [0.2, 0.25) is 0 Å². The molecule has 1 aliphatic heterocycles. The van der Waals surface area contributed by atoms with E-state index in [9.17, 15) is 10.2 Å². The largest absolute Gasteiger partial charge is 0.392 e. The highest BCUT2D eigenvalue weighted by atomic mass is 16.5. The Hall–Kier alpha value is -0.680. The van der Waals surface area contributed by atoms with E-state index in [2.05, 4.69) is 30.9 Å². The summed E-state index contributed by atoms with van der Waals surface area (Å²) in [5.74, 6) is 1.84. The number of aliphatic hydroxyl groups excluding tert-OH is 2. The summed E-state index contributed by atoms with van der Waals surface area (Å²) in [6, 6.07) is 0. The zero-order valence-corrected chi connectivity index (χ0v) is 20.1. The van der Waals surface area contributed by atoms with Gasteiger partial charge >= 0.3 is 0 Å². The van der Waals surface area contributed by atoms with E-state index in [1.54, 1.807) is 5.57 Å². The molecule has 0 aromatic rings. The first-order valence-corrected chi connectivity index (χ1v) is 13.1. The van der Waals surface area contributed by atoms with Crippen molar-refractivity contribution in [2.45, 2.75) is 90.3 Å². The molecular formula is C27H47NO3. The van der Waals surface area contributed by atoms with Crippen LogP contribution in [0.3, 0.4) is 0 Å². The number of ether oxygens (including phenoxy) is 1. The Morgan fingerprint density at radius 1 is 1.19 bits per heavy atom. The molecule has 6 atom stereocenters. The highest BCUT2D eigenvalue weighted by Crippen LogP contribution is 2.48. The Balaban J connectivity index is 1.35. The van der Waals surface area contributed by atoms with Gasteiger partial charge in [0.15, 0.2) is 0 Å². The van der Waals surface area contributed by atoms with Crippen LogP contribution in [0.25, 0.3) is 0 Å². The number of hydrogen-bond donors (Lipinski definition) is 2. The Morgan fingerprint density at radius 3 is 2.77 bits per heavy atom. The topological polar surface area (TPSA) is 52.9 Å². The molecule has 2 N–H and O–H groups in total. The van der Waals surface area contributed by atoms with Gasteiger partial charge in [-0.05, 0) is 62.8 Å². The molecule has 0 aromatic heterocycles. The number of rotatable bonds is 13. The molecule has 1 saturated heterocycles. The molecular weight excluding hydrogens is 386 g/mol. The molecule has 3 rings (SSSR count). The second kappa shape index (κ2) is 13.1. The van der Waals surface area contributed by atoms with Crippen LogP contribution in [0, 0.1) is 23.7 Å². The third-order valence-electron chi connectivity index (χ3n) is 7.78. The molecule has 1 heterocycles. The fourth-order valence-electron chi connectivity index (χ4n) is 5.90. The van der Waals surface area contributed by atoms with E-state index in [1.165, 1.54) is 51.5 Å². The van der Waals surface area contributed by atoms with Crippen molar-refractivity contribution in [3.05, 3.63) is 23.8 Å². The monoisotopic (exact) mass is 433 g/mol. The van der Waals surface area contributed by atoms with Crippen LogP contribution >= 0.6 is 0 Å². The zero-order chi connectivity index (χ0) is 22.1. The second-order valence-electron chi connectivity index (χ2n) is 10.4. The Kier molecular flexibility index (Phi) is 10.6. The minimum absolute atomic E-state index is 0.209. The van der Waals surface area contributed by atoms with Crippen molar-refractivity contribution in [3.63, 3.8) is 0 Å². The summed E-state index contributed by atoms with van der Waals surface area (Å²) in [4.78, 5) is 2.53. The van der Waals surface area contributed by atoms with Crippen LogP contribution in [-0.4, -0.2) is 60.2 Å². The summed E-state index contributed by atoms with van der Waals surface area (Å²) >= 11 is 0. The van der Waals surface area contributed by atoms with E-state index in [-0.39, 0.29) is 18.1 Å². The summed E-state index contributed by atoms with van der Waals surface area (Å²) in [6.07, 6.45) is 17.6. The van der Waals surface area contributed by atoms with Crippen molar-refractivity contribution in [3.8, 4) is 0 Å². The number of allylic oxidation sites excluding steroid dienone is 2. The van der Waals surface area contributed by atoms with Crippen LogP contribution in [0.15, 0.2) is 23.8 Å². The molecule has 1 saturated carbocycles. The molecule has 4 nitrogen and oxygen atoms in total. The average Bonchev–Trinajstić information content (AvgIpc) is 3.27. The molecule has 178 valence electrons. The normalized spacial score (nSPS) is 31.2. The van der Waals surface area contributed by atoms with Crippen molar-refractivity contribution in [2.75, 3.05) is 32.8 Å². The smallest absolute Gasteiger partial charge is 0.0723 e. The average molecular weight is 434 g/mol. The maximum atomic E-state index is 10.6. The molecule has 0 amide bonds. The number of fused-ring (bicyclic) bond motifs is 1. The molecule has 4 heteroatoms. The lowest BCUT2D eigenvalue weighted by atomic mass is 9.88. The number of aliphatic hydroxyl groups is 2. The van der Waals surface area contributed by atoms with Gasteiger partial charge in [-0.25, -0.2) is 0 Å². The van der Waals surface area contributed by atoms with E-state index >= 15 is 0 Å². The maximum absolute atomic E-state index is 10.6. The fraction of sp³-hybridized carbons (Fsp3) is 0.852. The first kappa shape index (κ1) is 25.0. The molecule has 3 aliphatic rings. The highest BCUT2D eigenvalue weighted by molar-refractivity contribution is 5.21. The second-order valence-corrected chi connectivity index (χ2v) is 10.4. The molecule has 0 bridgehead atoms. The fourth-order valence-corrected chi connectivity index (χ4v) is 5.90. The molecule has 0 spiro atoms. The van der Waals surface area contributed by atoms with Crippen molar-refractivity contribution in [2.24, 2.45) is 23.7 Å². The summed E-state index contributed by atoms with van der Waals surface area (Å²) in [5, 5.41) is 21.0. The Bertz CT molecular complexity index is 569. The van der Waals surface area contributed by atoms with Gasteiger partial charge in [0.1, 0.15) is 0 Å². The third-order valence-corrected chi connectivity index (χ3v) is 7.78. The van der Waals surface area contributed by atoms with Crippen molar-refractivity contribution in [1.29, 1.82) is 0 Å². The first-order valence-electron chi connectivity index (χ1n) is 13.1. The van der Waals surface area contributed by atoms with Crippen molar-refractivity contribution < 1.29 is 14.9 Å². The van der Waals surface area contributed by atoms with E-state index in [0.717, 1.165) is 45.6 Å². The predicted molar refractivity (Wildman–Crippen MR) is 128 cm³/mol. The summed E-state index contributed by atoms with van der Waals surface area (Å²) in [5.41, 5.74) is 1.61. The lowest BCUT2D eigenvalue weighted by molar-refractivity contribution is 0.0371. The summed E-state index contributed by atoms with van der Waals surface area (Å²) < 4.78 is 5.42. The van der Waals surface area contributed by atoms with E-state index in [1.807, 2.05) is 6.08 Å². The molecule has 0 aromatic carbocycles. The third kappa shape index (κ3) is 7.99. The van der Waals surface area contributed by atoms with Gasteiger partial charge in [-0.15, -0.1) is 0 Å². The van der Waals surface area contributed by atoms with E-state index < -0.39 is 0 Å². The van der Waals surface area contributed by atoms with E-state index in [4.69, 9.17) is 4.74 Å². The van der Waals surface area contributed by atoms with Crippen LogP contribution in [0.2, 0.25) is 0 Å². The minimum atomic E-state index is -0.376. The van der Waals surface area contributed by atoms with Crippen molar-refractivity contribution >= 4 is 0 Å². The maximum Gasteiger partial charge on any atom is 0.0723 e.